The minimum Gasteiger partial charge on any atom is -0.396 e. The fourth-order valence-electron chi connectivity index (χ4n) is 1.38. The van der Waals surface area contributed by atoms with Crippen LogP contribution in [0, 0.1) is 0 Å². The Labute approximate surface area is 93.5 Å². The number of nitrogens with zero attached hydrogens (tertiary/aromatic N) is 4. The lowest BCUT2D eigenvalue weighted by molar-refractivity contribution is 0.570. The Kier molecular flexibility index (Phi) is 3.32. The number of nitrogens with two attached hydrogens (primary N) is 1. The first-order chi connectivity index (χ1) is 7.86. The van der Waals surface area contributed by atoms with E-state index in [9.17, 15) is 0 Å². The summed E-state index contributed by atoms with van der Waals surface area (Å²) in [6.07, 6.45) is 7.84. The lowest BCUT2D eigenvalue weighted by Gasteiger charge is -2.08. The molecule has 3 N–H and O–H groups in total. The SMILES string of the molecule is Nc1cnccc1NCCCn1ccnn1. The molecule has 6 nitrogen and oxygen atoms in total. The van der Waals surface area contributed by atoms with Crippen molar-refractivity contribution >= 4 is 11.4 Å². The van der Waals surface area contributed by atoms with Crippen molar-refractivity contribution in [2.75, 3.05) is 17.6 Å². The van der Waals surface area contributed by atoms with E-state index >= 15 is 0 Å². The zero-order valence-corrected chi connectivity index (χ0v) is 8.87. The van der Waals surface area contributed by atoms with Crippen LogP contribution in [0.5, 0.6) is 0 Å². The second-order valence-corrected chi connectivity index (χ2v) is 3.41. The Balaban J connectivity index is 1.74. The molecular weight excluding hydrogens is 204 g/mol. The van der Waals surface area contributed by atoms with Gasteiger partial charge in [-0.2, -0.15) is 0 Å². The highest BCUT2D eigenvalue weighted by Crippen LogP contribution is 2.14. The molecule has 0 fully saturated rings. The third-order valence-corrected chi connectivity index (χ3v) is 2.20. The molecule has 0 aliphatic rings. The Morgan fingerprint density at radius 3 is 3.06 bits per heavy atom. The minimum absolute atomic E-state index is 0.670. The van der Waals surface area contributed by atoms with Crippen LogP contribution in [0.25, 0.3) is 0 Å². The zero-order valence-electron chi connectivity index (χ0n) is 8.87. The average molecular weight is 218 g/mol. The largest absolute Gasteiger partial charge is 0.396 e. The van der Waals surface area contributed by atoms with Gasteiger partial charge in [-0.25, -0.2) is 0 Å². The van der Waals surface area contributed by atoms with Gasteiger partial charge in [0.1, 0.15) is 0 Å². The maximum Gasteiger partial charge on any atom is 0.0736 e. The standard InChI is InChI=1S/C10H14N6/c11-9-8-12-4-2-10(9)13-3-1-6-16-7-5-14-15-16/h2,4-5,7-8H,1,3,6,11H2,(H,12,13). The highest BCUT2D eigenvalue weighted by molar-refractivity contribution is 5.63. The van der Waals surface area contributed by atoms with Crippen molar-refractivity contribution in [2.24, 2.45) is 0 Å². The molecule has 0 unspecified atom stereocenters. The van der Waals surface area contributed by atoms with Gasteiger partial charge in [0.05, 0.1) is 23.8 Å². The van der Waals surface area contributed by atoms with Gasteiger partial charge in [-0.1, -0.05) is 5.21 Å². The summed E-state index contributed by atoms with van der Waals surface area (Å²) >= 11 is 0. The number of anilines is 2. The Morgan fingerprint density at radius 2 is 2.31 bits per heavy atom. The van der Waals surface area contributed by atoms with Crippen LogP contribution in [-0.4, -0.2) is 26.5 Å². The summed E-state index contributed by atoms with van der Waals surface area (Å²) in [5.41, 5.74) is 7.34. The lowest BCUT2D eigenvalue weighted by atomic mass is 10.3. The topological polar surface area (TPSA) is 81.6 Å². The van der Waals surface area contributed by atoms with E-state index in [-0.39, 0.29) is 0 Å². The summed E-state index contributed by atoms with van der Waals surface area (Å²) in [5.74, 6) is 0. The molecule has 0 amide bonds. The van der Waals surface area contributed by atoms with Crippen LogP contribution < -0.4 is 11.1 Å². The van der Waals surface area contributed by atoms with E-state index in [2.05, 4.69) is 20.6 Å². The molecule has 0 saturated carbocycles. The number of nitrogen functional groups attached to an aromatic ring is 1. The normalized spacial score (nSPS) is 10.2. The van der Waals surface area contributed by atoms with Crippen LogP contribution in [0.15, 0.2) is 30.9 Å². The van der Waals surface area contributed by atoms with Gasteiger partial charge < -0.3 is 11.1 Å². The summed E-state index contributed by atoms with van der Waals surface area (Å²) in [7, 11) is 0. The maximum absolute atomic E-state index is 5.74. The van der Waals surface area contributed by atoms with Gasteiger partial charge in [0.25, 0.3) is 0 Å². The highest BCUT2D eigenvalue weighted by atomic mass is 15.4. The van der Waals surface area contributed by atoms with E-state index in [1.165, 1.54) is 0 Å². The molecule has 0 aliphatic carbocycles. The number of pyridine rings is 1. The van der Waals surface area contributed by atoms with Crippen LogP contribution in [0.4, 0.5) is 11.4 Å². The van der Waals surface area contributed by atoms with Crippen LogP contribution in [0.2, 0.25) is 0 Å². The van der Waals surface area contributed by atoms with Gasteiger partial charge in [-0.3, -0.25) is 9.67 Å². The molecule has 0 spiro atoms. The fourth-order valence-corrected chi connectivity index (χ4v) is 1.38. The van der Waals surface area contributed by atoms with Crippen molar-refractivity contribution in [3.8, 4) is 0 Å². The Bertz CT molecular complexity index is 425. The predicted molar refractivity (Wildman–Crippen MR) is 61.8 cm³/mol. The molecule has 2 rings (SSSR count). The van der Waals surface area contributed by atoms with Crippen molar-refractivity contribution in [1.82, 2.24) is 20.0 Å². The maximum atomic E-state index is 5.74. The second kappa shape index (κ2) is 5.11. The third kappa shape index (κ3) is 2.69. The first-order valence-electron chi connectivity index (χ1n) is 5.14. The molecule has 0 saturated heterocycles. The predicted octanol–water partition coefficient (Wildman–Crippen LogP) is 0.757. The fraction of sp³-hybridized carbons (Fsp3) is 0.300. The molecule has 0 bridgehead atoms. The number of nitrogens with one attached hydrogen (secondary N) is 1. The second-order valence-electron chi connectivity index (χ2n) is 3.41. The molecule has 6 heteroatoms. The van der Waals surface area contributed by atoms with E-state index in [0.29, 0.717) is 5.69 Å². The highest BCUT2D eigenvalue weighted by Gasteiger charge is 1.97. The zero-order chi connectivity index (χ0) is 11.2. The Morgan fingerprint density at radius 1 is 1.38 bits per heavy atom. The van der Waals surface area contributed by atoms with Crippen molar-refractivity contribution in [3.05, 3.63) is 30.9 Å². The van der Waals surface area contributed by atoms with Crippen LogP contribution in [0.1, 0.15) is 6.42 Å². The summed E-state index contributed by atoms with van der Waals surface area (Å²) in [5, 5.41) is 10.9. The molecule has 2 heterocycles. The molecule has 0 radical (unpaired) electrons. The van der Waals surface area contributed by atoms with E-state index < -0.39 is 0 Å². The number of aromatic nitrogens is 4. The van der Waals surface area contributed by atoms with E-state index in [1.807, 2.05) is 12.3 Å². The molecular formula is C10H14N6. The quantitative estimate of drug-likeness (QED) is 0.724. The smallest absolute Gasteiger partial charge is 0.0736 e. The van der Waals surface area contributed by atoms with Crippen LogP contribution >= 0.6 is 0 Å². The van der Waals surface area contributed by atoms with Crippen LogP contribution in [-0.2, 0) is 6.54 Å². The third-order valence-electron chi connectivity index (χ3n) is 2.20. The lowest BCUT2D eigenvalue weighted by Crippen LogP contribution is -2.08. The molecule has 0 aromatic carbocycles. The van der Waals surface area contributed by atoms with Gasteiger partial charge in [0.2, 0.25) is 0 Å². The first-order valence-corrected chi connectivity index (χ1v) is 5.14. The van der Waals surface area contributed by atoms with Crippen molar-refractivity contribution in [3.63, 3.8) is 0 Å². The monoisotopic (exact) mass is 218 g/mol. The molecule has 0 atom stereocenters. The summed E-state index contributed by atoms with van der Waals surface area (Å²) in [6, 6.07) is 1.87. The van der Waals surface area contributed by atoms with Crippen molar-refractivity contribution in [1.29, 1.82) is 0 Å². The van der Waals surface area contributed by atoms with E-state index in [1.54, 1.807) is 23.3 Å². The molecule has 2 aromatic rings. The molecule has 2 aromatic heterocycles. The summed E-state index contributed by atoms with van der Waals surface area (Å²) < 4.78 is 1.80. The van der Waals surface area contributed by atoms with Gasteiger partial charge in [0, 0.05) is 25.5 Å². The Hall–Kier alpha value is -2.11. The van der Waals surface area contributed by atoms with Crippen molar-refractivity contribution in [2.45, 2.75) is 13.0 Å². The van der Waals surface area contributed by atoms with E-state index in [0.717, 1.165) is 25.2 Å². The summed E-state index contributed by atoms with van der Waals surface area (Å²) in [4.78, 5) is 3.93. The number of rotatable bonds is 5. The number of aryl methyl sites for hydroxylation is 1. The summed E-state index contributed by atoms with van der Waals surface area (Å²) in [6.45, 7) is 1.69. The minimum atomic E-state index is 0.670. The average Bonchev–Trinajstić information content (AvgIpc) is 2.79. The first kappa shape index (κ1) is 10.4. The van der Waals surface area contributed by atoms with Gasteiger partial charge in [-0.05, 0) is 12.5 Å². The van der Waals surface area contributed by atoms with Crippen LogP contribution in [0.3, 0.4) is 0 Å². The number of hydrogen-bond donors (Lipinski definition) is 2. The van der Waals surface area contributed by atoms with Gasteiger partial charge >= 0.3 is 0 Å². The molecule has 16 heavy (non-hydrogen) atoms. The molecule has 84 valence electrons. The van der Waals surface area contributed by atoms with Crippen molar-refractivity contribution < 1.29 is 0 Å². The van der Waals surface area contributed by atoms with Gasteiger partial charge in [0.15, 0.2) is 0 Å². The molecule has 0 aliphatic heterocycles. The van der Waals surface area contributed by atoms with Gasteiger partial charge in [-0.15, -0.1) is 5.10 Å². The van der Waals surface area contributed by atoms with E-state index in [4.69, 9.17) is 5.73 Å². The number of hydrogen-bond acceptors (Lipinski definition) is 5.